The molecular weight excluding hydrogens is 256 g/mol. The van der Waals surface area contributed by atoms with Crippen LogP contribution in [0.2, 0.25) is 0 Å². The summed E-state index contributed by atoms with van der Waals surface area (Å²) in [6.45, 7) is 13.1. The van der Waals surface area contributed by atoms with Gasteiger partial charge >= 0.3 is 0 Å². The van der Waals surface area contributed by atoms with Crippen LogP contribution < -0.4 is 5.73 Å². The molecule has 0 aliphatic rings. The van der Waals surface area contributed by atoms with Gasteiger partial charge in [-0.05, 0) is 43.4 Å². The van der Waals surface area contributed by atoms with Gasteiger partial charge in [-0.3, -0.25) is 4.90 Å². The molecule has 1 rings (SSSR count). The van der Waals surface area contributed by atoms with Gasteiger partial charge in [0.15, 0.2) is 0 Å². The van der Waals surface area contributed by atoms with Crippen molar-refractivity contribution in [3.8, 4) is 0 Å². The molecule has 2 unspecified atom stereocenters. The molecule has 0 heterocycles. The Morgan fingerprint density at radius 1 is 1.00 bits per heavy atom. The second-order valence-electron chi connectivity index (χ2n) is 6.42. The van der Waals surface area contributed by atoms with Crippen molar-refractivity contribution in [2.75, 3.05) is 13.1 Å². The lowest BCUT2D eigenvalue weighted by Gasteiger charge is -2.36. The van der Waals surface area contributed by atoms with Crippen LogP contribution in [0.25, 0.3) is 0 Å². The Labute approximate surface area is 131 Å². The number of nitrogens with two attached hydrogens (primary N) is 1. The van der Waals surface area contributed by atoms with Gasteiger partial charge in [0, 0.05) is 18.6 Å². The molecule has 1 aromatic rings. The highest BCUT2D eigenvalue weighted by molar-refractivity contribution is 5.27. The number of unbranched alkanes of at least 4 members (excludes halogenated alkanes) is 1. The van der Waals surface area contributed by atoms with E-state index in [0.29, 0.717) is 24.5 Å². The summed E-state index contributed by atoms with van der Waals surface area (Å²) in [6.07, 6.45) is 3.64. The lowest BCUT2D eigenvalue weighted by molar-refractivity contribution is 0.141. The van der Waals surface area contributed by atoms with Crippen LogP contribution in [0.5, 0.6) is 0 Å². The molecule has 0 fully saturated rings. The smallest absolute Gasteiger partial charge is 0.0473 e. The maximum absolute atomic E-state index is 6.13. The van der Waals surface area contributed by atoms with Crippen LogP contribution in [0.15, 0.2) is 24.3 Å². The summed E-state index contributed by atoms with van der Waals surface area (Å²) in [5.41, 5.74) is 8.89. The van der Waals surface area contributed by atoms with E-state index in [0.717, 1.165) is 6.54 Å². The first-order valence-electron chi connectivity index (χ1n) is 8.60. The molecule has 0 aliphatic carbocycles. The van der Waals surface area contributed by atoms with Crippen LogP contribution in [-0.4, -0.2) is 24.0 Å². The molecule has 0 aromatic heterocycles. The topological polar surface area (TPSA) is 29.3 Å². The highest BCUT2D eigenvalue weighted by Gasteiger charge is 2.22. The van der Waals surface area contributed by atoms with E-state index in [2.05, 4.69) is 63.8 Å². The van der Waals surface area contributed by atoms with Gasteiger partial charge in [-0.15, -0.1) is 0 Å². The van der Waals surface area contributed by atoms with E-state index < -0.39 is 0 Å². The highest BCUT2D eigenvalue weighted by atomic mass is 15.2. The van der Waals surface area contributed by atoms with E-state index in [4.69, 9.17) is 5.73 Å². The van der Waals surface area contributed by atoms with Gasteiger partial charge in [0.05, 0.1) is 0 Å². The number of nitrogens with zero attached hydrogens (tertiary/aromatic N) is 1. The first-order valence-corrected chi connectivity index (χ1v) is 8.60. The maximum atomic E-state index is 6.13. The minimum atomic E-state index is 0.340. The Bertz CT molecular complexity index is 383. The van der Waals surface area contributed by atoms with Crippen molar-refractivity contribution in [3.63, 3.8) is 0 Å². The Balaban J connectivity index is 2.95. The number of benzene rings is 1. The standard InChI is InChI=1S/C19H34N2/c1-6-8-13-21(16(5)7-2)19(14-20)18-11-9-17(10-12-18)15(3)4/h9-12,15-16,19H,6-8,13-14,20H2,1-5H3. The van der Waals surface area contributed by atoms with Gasteiger partial charge in [0.1, 0.15) is 0 Å². The zero-order chi connectivity index (χ0) is 15.8. The van der Waals surface area contributed by atoms with Gasteiger partial charge < -0.3 is 5.73 Å². The second kappa shape index (κ2) is 9.22. The summed E-state index contributed by atoms with van der Waals surface area (Å²) < 4.78 is 0. The van der Waals surface area contributed by atoms with Crippen LogP contribution in [0.4, 0.5) is 0 Å². The van der Waals surface area contributed by atoms with E-state index in [1.54, 1.807) is 0 Å². The molecule has 0 aliphatic heterocycles. The van der Waals surface area contributed by atoms with Gasteiger partial charge in [-0.25, -0.2) is 0 Å². The monoisotopic (exact) mass is 290 g/mol. The molecule has 0 spiro atoms. The summed E-state index contributed by atoms with van der Waals surface area (Å²) in [5.74, 6) is 0.584. The van der Waals surface area contributed by atoms with Crippen molar-refractivity contribution in [1.29, 1.82) is 0 Å². The molecule has 21 heavy (non-hydrogen) atoms. The van der Waals surface area contributed by atoms with E-state index >= 15 is 0 Å². The molecule has 120 valence electrons. The SMILES string of the molecule is CCCCN(C(C)CC)C(CN)c1ccc(C(C)C)cc1. The molecule has 2 N–H and O–H groups in total. The highest BCUT2D eigenvalue weighted by Crippen LogP contribution is 2.25. The summed E-state index contributed by atoms with van der Waals surface area (Å²) >= 11 is 0. The van der Waals surface area contributed by atoms with Gasteiger partial charge in [-0.2, -0.15) is 0 Å². The average molecular weight is 290 g/mol. The molecule has 1 aromatic carbocycles. The van der Waals surface area contributed by atoms with Crippen molar-refractivity contribution >= 4 is 0 Å². The Morgan fingerprint density at radius 3 is 2.00 bits per heavy atom. The minimum Gasteiger partial charge on any atom is -0.329 e. The quantitative estimate of drug-likeness (QED) is 0.713. The molecule has 0 bridgehead atoms. The third-order valence-electron chi connectivity index (χ3n) is 4.54. The lowest BCUT2D eigenvalue weighted by Crippen LogP contribution is -2.40. The van der Waals surface area contributed by atoms with Crippen molar-refractivity contribution in [2.45, 2.75) is 71.9 Å². The van der Waals surface area contributed by atoms with E-state index in [1.165, 1.54) is 30.4 Å². The summed E-state index contributed by atoms with van der Waals surface area (Å²) in [4.78, 5) is 2.59. The maximum Gasteiger partial charge on any atom is 0.0473 e. The minimum absolute atomic E-state index is 0.340. The normalized spacial score (nSPS) is 14.7. The summed E-state index contributed by atoms with van der Waals surface area (Å²) in [7, 11) is 0. The average Bonchev–Trinajstić information content (AvgIpc) is 2.50. The van der Waals surface area contributed by atoms with Gasteiger partial charge in [0.2, 0.25) is 0 Å². The first kappa shape index (κ1) is 18.2. The van der Waals surface area contributed by atoms with Crippen LogP contribution in [0, 0.1) is 0 Å². The summed E-state index contributed by atoms with van der Waals surface area (Å²) in [6, 6.07) is 9.99. The van der Waals surface area contributed by atoms with E-state index in [1.807, 2.05) is 0 Å². The molecule has 2 heteroatoms. The second-order valence-corrected chi connectivity index (χ2v) is 6.42. The number of hydrogen-bond donors (Lipinski definition) is 1. The number of rotatable bonds is 9. The Hall–Kier alpha value is -0.860. The van der Waals surface area contributed by atoms with E-state index in [9.17, 15) is 0 Å². The molecule has 2 nitrogen and oxygen atoms in total. The van der Waals surface area contributed by atoms with Crippen molar-refractivity contribution in [2.24, 2.45) is 5.73 Å². The lowest BCUT2D eigenvalue weighted by atomic mass is 9.97. The Kier molecular flexibility index (Phi) is 7.98. The van der Waals surface area contributed by atoms with Crippen LogP contribution in [0.3, 0.4) is 0 Å². The molecule has 0 amide bonds. The third kappa shape index (κ3) is 5.12. The van der Waals surface area contributed by atoms with Crippen LogP contribution in [-0.2, 0) is 0 Å². The van der Waals surface area contributed by atoms with Crippen molar-refractivity contribution in [1.82, 2.24) is 4.90 Å². The molecule has 0 radical (unpaired) electrons. The van der Waals surface area contributed by atoms with Gasteiger partial charge in [-0.1, -0.05) is 58.4 Å². The fraction of sp³-hybridized carbons (Fsp3) is 0.684. The number of hydrogen-bond acceptors (Lipinski definition) is 2. The molecule has 0 saturated heterocycles. The predicted octanol–water partition coefficient (Wildman–Crippen LogP) is 4.71. The van der Waals surface area contributed by atoms with Crippen LogP contribution >= 0.6 is 0 Å². The largest absolute Gasteiger partial charge is 0.329 e. The first-order chi connectivity index (χ1) is 10.0. The Morgan fingerprint density at radius 2 is 1.57 bits per heavy atom. The van der Waals surface area contributed by atoms with Crippen molar-refractivity contribution in [3.05, 3.63) is 35.4 Å². The predicted molar refractivity (Wildman–Crippen MR) is 93.7 cm³/mol. The molecule has 0 saturated carbocycles. The molecular formula is C19H34N2. The zero-order valence-corrected chi connectivity index (χ0v) is 14.6. The molecule has 2 atom stereocenters. The third-order valence-corrected chi connectivity index (χ3v) is 4.54. The van der Waals surface area contributed by atoms with E-state index in [-0.39, 0.29) is 0 Å². The fourth-order valence-corrected chi connectivity index (χ4v) is 2.82. The van der Waals surface area contributed by atoms with Gasteiger partial charge in [0.25, 0.3) is 0 Å². The summed E-state index contributed by atoms with van der Waals surface area (Å²) in [5, 5.41) is 0. The fourth-order valence-electron chi connectivity index (χ4n) is 2.82. The zero-order valence-electron chi connectivity index (χ0n) is 14.6. The van der Waals surface area contributed by atoms with Crippen molar-refractivity contribution < 1.29 is 0 Å². The van der Waals surface area contributed by atoms with Crippen LogP contribution in [0.1, 0.15) is 77.0 Å².